The first-order valence-electron chi connectivity index (χ1n) is 7.00. The zero-order valence-corrected chi connectivity index (χ0v) is 12.6. The van der Waals surface area contributed by atoms with E-state index in [0.717, 1.165) is 22.6 Å². The molecule has 2 aromatic rings. The van der Waals surface area contributed by atoms with Gasteiger partial charge in [0.15, 0.2) is 0 Å². The van der Waals surface area contributed by atoms with Gasteiger partial charge in [0.2, 0.25) is 0 Å². The molecule has 0 saturated carbocycles. The zero-order valence-electron chi connectivity index (χ0n) is 12.6. The van der Waals surface area contributed by atoms with E-state index in [0.29, 0.717) is 5.92 Å². The van der Waals surface area contributed by atoms with Gasteiger partial charge in [0.25, 0.3) is 0 Å². The van der Waals surface area contributed by atoms with Crippen LogP contribution in [0.3, 0.4) is 0 Å². The summed E-state index contributed by atoms with van der Waals surface area (Å²) >= 11 is 0. The van der Waals surface area contributed by atoms with Crippen molar-refractivity contribution in [3.8, 4) is 11.5 Å². The number of rotatable bonds is 4. The first-order chi connectivity index (χ1) is 9.51. The molecule has 0 bridgehead atoms. The first kappa shape index (κ1) is 14.6. The Bertz CT molecular complexity index is 600. The van der Waals surface area contributed by atoms with Crippen LogP contribution >= 0.6 is 0 Å². The van der Waals surface area contributed by atoms with Crippen molar-refractivity contribution in [2.75, 3.05) is 0 Å². The molecule has 0 aromatic heterocycles. The second-order valence-electron chi connectivity index (χ2n) is 5.57. The third-order valence-corrected chi connectivity index (χ3v) is 3.40. The molecule has 0 heterocycles. The third-order valence-electron chi connectivity index (χ3n) is 3.40. The molecule has 0 amide bonds. The second-order valence-corrected chi connectivity index (χ2v) is 5.57. The molecule has 2 heteroatoms. The topological polar surface area (TPSA) is 29.5 Å². The Labute approximate surface area is 121 Å². The summed E-state index contributed by atoms with van der Waals surface area (Å²) in [5.41, 5.74) is 4.29. The quantitative estimate of drug-likeness (QED) is 0.871. The van der Waals surface area contributed by atoms with Crippen LogP contribution in [0.4, 0.5) is 0 Å². The van der Waals surface area contributed by atoms with Crippen LogP contribution in [0, 0.1) is 13.8 Å². The lowest BCUT2D eigenvalue weighted by Crippen LogP contribution is -1.97. The molecule has 106 valence electrons. The Morgan fingerprint density at radius 3 is 2.25 bits per heavy atom. The van der Waals surface area contributed by atoms with Crippen molar-refractivity contribution in [3.63, 3.8) is 0 Å². The van der Waals surface area contributed by atoms with Crippen molar-refractivity contribution in [1.82, 2.24) is 0 Å². The molecule has 0 aliphatic rings. The van der Waals surface area contributed by atoms with Crippen LogP contribution in [-0.4, -0.2) is 5.11 Å². The lowest BCUT2D eigenvalue weighted by atomic mass is 10.0. The Kier molecular flexibility index (Phi) is 4.46. The average molecular weight is 270 g/mol. The highest BCUT2D eigenvalue weighted by atomic mass is 16.5. The standard InChI is InChI=1S/C18H22O2/c1-12(2)16-7-5-14(4)10-18(16)20-17-8-6-13(3)9-15(17)11-19/h5-10,12,19H,11H2,1-4H3. The molecule has 2 nitrogen and oxygen atoms in total. The van der Waals surface area contributed by atoms with Crippen LogP contribution in [0.25, 0.3) is 0 Å². The summed E-state index contributed by atoms with van der Waals surface area (Å²) in [6.45, 7) is 8.35. The van der Waals surface area contributed by atoms with Crippen LogP contribution in [0.1, 0.15) is 42.0 Å². The van der Waals surface area contributed by atoms with E-state index in [1.807, 2.05) is 25.1 Å². The maximum atomic E-state index is 9.47. The van der Waals surface area contributed by atoms with Gasteiger partial charge in [-0.1, -0.05) is 43.7 Å². The number of benzene rings is 2. The molecule has 20 heavy (non-hydrogen) atoms. The first-order valence-corrected chi connectivity index (χ1v) is 7.00. The average Bonchev–Trinajstić information content (AvgIpc) is 2.40. The molecule has 0 aliphatic heterocycles. The monoisotopic (exact) mass is 270 g/mol. The Balaban J connectivity index is 2.41. The summed E-state index contributed by atoms with van der Waals surface area (Å²) in [6.07, 6.45) is 0. The maximum absolute atomic E-state index is 9.47. The van der Waals surface area contributed by atoms with Gasteiger partial charge in [-0.05, 0) is 43.0 Å². The molecule has 1 N–H and O–H groups in total. The molecule has 0 atom stereocenters. The van der Waals surface area contributed by atoms with Gasteiger partial charge in [-0.15, -0.1) is 0 Å². The van der Waals surface area contributed by atoms with Gasteiger partial charge in [0.1, 0.15) is 11.5 Å². The zero-order chi connectivity index (χ0) is 14.7. The van der Waals surface area contributed by atoms with Crippen molar-refractivity contribution in [2.45, 2.75) is 40.2 Å². The van der Waals surface area contributed by atoms with Crippen molar-refractivity contribution in [1.29, 1.82) is 0 Å². The van der Waals surface area contributed by atoms with E-state index in [9.17, 15) is 5.11 Å². The summed E-state index contributed by atoms with van der Waals surface area (Å²) in [4.78, 5) is 0. The number of aliphatic hydroxyl groups is 1. The van der Waals surface area contributed by atoms with Crippen molar-refractivity contribution >= 4 is 0 Å². The highest BCUT2D eigenvalue weighted by molar-refractivity contribution is 5.45. The summed E-state index contributed by atoms with van der Waals surface area (Å²) < 4.78 is 6.07. The van der Waals surface area contributed by atoms with Crippen molar-refractivity contribution < 1.29 is 9.84 Å². The normalized spacial score (nSPS) is 10.9. The van der Waals surface area contributed by atoms with Gasteiger partial charge in [-0.2, -0.15) is 0 Å². The minimum Gasteiger partial charge on any atom is -0.457 e. The lowest BCUT2D eigenvalue weighted by molar-refractivity contribution is 0.276. The van der Waals surface area contributed by atoms with E-state index in [2.05, 4.69) is 39.0 Å². The fraction of sp³-hybridized carbons (Fsp3) is 0.333. The Morgan fingerprint density at radius 2 is 1.60 bits per heavy atom. The van der Waals surface area contributed by atoms with Gasteiger partial charge >= 0.3 is 0 Å². The fourth-order valence-corrected chi connectivity index (χ4v) is 2.26. The smallest absolute Gasteiger partial charge is 0.132 e. The SMILES string of the molecule is Cc1ccc(Oc2cc(C)ccc2C(C)C)c(CO)c1. The predicted octanol–water partition coefficient (Wildman–Crippen LogP) is 4.71. The minimum atomic E-state index is -0.0140. The Morgan fingerprint density at radius 1 is 0.950 bits per heavy atom. The molecule has 0 unspecified atom stereocenters. The molecular formula is C18H22O2. The number of ether oxygens (including phenoxy) is 1. The molecule has 0 aliphatic carbocycles. The third kappa shape index (κ3) is 3.20. The van der Waals surface area contributed by atoms with Crippen molar-refractivity contribution in [3.05, 3.63) is 58.7 Å². The highest BCUT2D eigenvalue weighted by Crippen LogP contribution is 2.33. The molecule has 2 rings (SSSR count). The molecular weight excluding hydrogens is 248 g/mol. The number of hydrogen-bond donors (Lipinski definition) is 1. The van der Waals surface area contributed by atoms with E-state index in [1.165, 1.54) is 11.1 Å². The Hall–Kier alpha value is -1.80. The van der Waals surface area contributed by atoms with E-state index >= 15 is 0 Å². The van der Waals surface area contributed by atoms with E-state index in [-0.39, 0.29) is 6.61 Å². The van der Waals surface area contributed by atoms with Gasteiger partial charge < -0.3 is 9.84 Å². The van der Waals surface area contributed by atoms with Gasteiger partial charge in [0, 0.05) is 5.56 Å². The molecule has 2 aromatic carbocycles. The van der Waals surface area contributed by atoms with Crippen molar-refractivity contribution in [2.24, 2.45) is 0 Å². The van der Waals surface area contributed by atoms with Crippen LogP contribution in [-0.2, 0) is 6.61 Å². The lowest BCUT2D eigenvalue weighted by Gasteiger charge is -2.16. The molecule has 0 saturated heterocycles. The predicted molar refractivity (Wildman–Crippen MR) is 82.4 cm³/mol. The number of aliphatic hydroxyl groups excluding tert-OH is 1. The van der Waals surface area contributed by atoms with Crippen LogP contribution in [0.15, 0.2) is 36.4 Å². The summed E-state index contributed by atoms with van der Waals surface area (Å²) in [6, 6.07) is 12.1. The van der Waals surface area contributed by atoms with Gasteiger partial charge in [0.05, 0.1) is 6.61 Å². The summed E-state index contributed by atoms with van der Waals surface area (Å²) in [7, 11) is 0. The molecule has 0 radical (unpaired) electrons. The van der Waals surface area contributed by atoms with Crippen LogP contribution in [0.2, 0.25) is 0 Å². The minimum absolute atomic E-state index is 0.0140. The number of hydrogen-bond acceptors (Lipinski definition) is 2. The summed E-state index contributed by atoms with van der Waals surface area (Å²) in [5, 5.41) is 9.47. The summed E-state index contributed by atoms with van der Waals surface area (Å²) in [5.74, 6) is 2.00. The fourth-order valence-electron chi connectivity index (χ4n) is 2.26. The van der Waals surface area contributed by atoms with Crippen LogP contribution < -0.4 is 4.74 Å². The van der Waals surface area contributed by atoms with Gasteiger partial charge in [-0.25, -0.2) is 0 Å². The van der Waals surface area contributed by atoms with Gasteiger partial charge in [-0.3, -0.25) is 0 Å². The number of aryl methyl sites for hydroxylation is 2. The molecule has 0 spiro atoms. The van der Waals surface area contributed by atoms with E-state index < -0.39 is 0 Å². The van der Waals surface area contributed by atoms with E-state index in [4.69, 9.17) is 4.74 Å². The van der Waals surface area contributed by atoms with E-state index in [1.54, 1.807) is 0 Å². The largest absolute Gasteiger partial charge is 0.457 e. The highest BCUT2D eigenvalue weighted by Gasteiger charge is 2.11. The maximum Gasteiger partial charge on any atom is 0.132 e. The second kappa shape index (κ2) is 6.10. The van der Waals surface area contributed by atoms with Crippen LogP contribution in [0.5, 0.6) is 11.5 Å². The molecule has 0 fully saturated rings.